The molecule has 0 aromatic carbocycles. The molecule has 1 atom stereocenters. The van der Waals surface area contributed by atoms with E-state index < -0.39 is 11.8 Å². The number of dihydropyridines is 1. The smallest absolute Gasteiger partial charge is 0.269 e. The molecule has 3 aromatic heterocycles. The highest BCUT2D eigenvalue weighted by Gasteiger charge is 2.18. The van der Waals surface area contributed by atoms with Gasteiger partial charge in [0, 0.05) is 41.0 Å². The number of anilines is 2. The maximum atomic E-state index is 12.3. The van der Waals surface area contributed by atoms with Crippen molar-refractivity contribution in [1.29, 1.82) is 0 Å². The predicted molar refractivity (Wildman–Crippen MR) is 115 cm³/mol. The standard InChI is InChI=1S/C19H14N6O3S2/c26-15-4-3-12(8-21-15)17(28)25-18-22-13(9-29-18)6-16(27)24-19-23-14(10-30-19)11-2-1-5-20-7-11/h1-5,7-10,12H,6H2,(H,22,25,28)(H,23,24,27). The van der Waals surface area contributed by atoms with Gasteiger partial charge in [0.2, 0.25) is 11.8 Å². The van der Waals surface area contributed by atoms with E-state index in [0.717, 1.165) is 11.3 Å². The molecule has 2 N–H and O–H groups in total. The van der Waals surface area contributed by atoms with E-state index in [1.165, 1.54) is 41.0 Å². The Bertz CT molecular complexity index is 1140. The van der Waals surface area contributed by atoms with Crippen molar-refractivity contribution in [2.24, 2.45) is 10.9 Å². The van der Waals surface area contributed by atoms with Gasteiger partial charge in [-0.2, -0.15) is 0 Å². The molecule has 0 spiro atoms. The van der Waals surface area contributed by atoms with Gasteiger partial charge < -0.3 is 10.6 Å². The fourth-order valence-corrected chi connectivity index (χ4v) is 3.98. The van der Waals surface area contributed by atoms with Gasteiger partial charge >= 0.3 is 0 Å². The van der Waals surface area contributed by atoms with Crippen LogP contribution in [0, 0.1) is 5.92 Å². The average Bonchev–Trinajstić information content (AvgIpc) is 3.38. The van der Waals surface area contributed by atoms with Gasteiger partial charge in [0.1, 0.15) is 0 Å². The van der Waals surface area contributed by atoms with Crippen molar-refractivity contribution in [3.63, 3.8) is 0 Å². The van der Waals surface area contributed by atoms with Crippen molar-refractivity contribution in [3.05, 3.63) is 53.1 Å². The molecule has 0 aliphatic carbocycles. The Morgan fingerprint density at radius 2 is 1.93 bits per heavy atom. The van der Waals surface area contributed by atoms with Crippen molar-refractivity contribution in [1.82, 2.24) is 15.0 Å². The third kappa shape index (κ3) is 4.88. The molecular formula is C19H14N6O3S2. The molecule has 0 bridgehead atoms. The molecule has 9 nitrogen and oxygen atoms in total. The molecule has 30 heavy (non-hydrogen) atoms. The topological polar surface area (TPSA) is 126 Å². The summed E-state index contributed by atoms with van der Waals surface area (Å²) in [6, 6.07) is 3.72. The molecule has 0 saturated carbocycles. The number of thiazole rings is 2. The number of nitrogens with one attached hydrogen (secondary N) is 2. The second-order valence-corrected chi connectivity index (χ2v) is 7.86. The summed E-state index contributed by atoms with van der Waals surface area (Å²) >= 11 is 2.54. The van der Waals surface area contributed by atoms with Crippen molar-refractivity contribution in [2.75, 3.05) is 10.6 Å². The molecule has 3 amide bonds. The number of nitrogens with zero attached hydrogens (tertiary/aromatic N) is 4. The summed E-state index contributed by atoms with van der Waals surface area (Å²) < 4.78 is 0. The van der Waals surface area contributed by atoms with Crippen molar-refractivity contribution in [3.8, 4) is 11.3 Å². The number of carbonyl (C=O) groups excluding carboxylic acids is 3. The minimum absolute atomic E-state index is 0.0491. The highest BCUT2D eigenvalue weighted by Crippen LogP contribution is 2.24. The van der Waals surface area contributed by atoms with Gasteiger partial charge in [0.05, 0.1) is 23.7 Å². The first-order valence-corrected chi connectivity index (χ1v) is 10.5. The van der Waals surface area contributed by atoms with Crippen LogP contribution in [-0.2, 0) is 20.8 Å². The monoisotopic (exact) mass is 438 g/mol. The van der Waals surface area contributed by atoms with E-state index in [1.54, 1.807) is 17.8 Å². The van der Waals surface area contributed by atoms with Crippen molar-refractivity contribution < 1.29 is 14.4 Å². The number of aliphatic imine (C=N–C) groups is 1. The number of hydrogen-bond acceptors (Lipinski definition) is 8. The summed E-state index contributed by atoms with van der Waals surface area (Å²) in [4.78, 5) is 51.8. The SMILES string of the molecule is O=C1C=CC(C(=O)Nc2nc(CC(=O)Nc3nc(-c4cccnc4)cs3)cs2)C=N1. The fourth-order valence-electron chi connectivity index (χ4n) is 2.53. The Morgan fingerprint density at radius 3 is 2.70 bits per heavy atom. The summed E-state index contributed by atoms with van der Waals surface area (Å²) in [5.74, 6) is -1.63. The van der Waals surface area contributed by atoms with E-state index >= 15 is 0 Å². The highest BCUT2D eigenvalue weighted by molar-refractivity contribution is 7.14. The van der Waals surface area contributed by atoms with Crippen LogP contribution in [0.5, 0.6) is 0 Å². The predicted octanol–water partition coefficient (Wildman–Crippen LogP) is 2.56. The van der Waals surface area contributed by atoms with Gasteiger partial charge in [0.15, 0.2) is 10.3 Å². The second-order valence-electron chi connectivity index (χ2n) is 6.14. The van der Waals surface area contributed by atoms with Gasteiger partial charge in [-0.1, -0.05) is 6.08 Å². The number of pyridine rings is 1. The molecule has 4 rings (SSSR count). The van der Waals surface area contributed by atoms with E-state index in [9.17, 15) is 14.4 Å². The first kappa shape index (κ1) is 19.7. The van der Waals surface area contributed by atoms with Crippen LogP contribution < -0.4 is 10.6 Å². The maximum Gasteiger partial charge on any atom is 0.269 e. The molecule has 0 fully saturated rings. The normalized spacial score (nSPS) is 15.2. The lowest BCUT2D eigenvalue weighted by Gasteiger charge is -2.08. The second kappa shape index (κ2) is 8.84. The Balaban J connectivity index is 1.31. The molecule has 0 saturated heterocycles. The number of amides is 3. The third-order valence-electron chi connectivity index (χ3n) is 3.94. The zero-order valence-electron chi connectivity index (χ0n) is 15.3. The van der Waals surface area contributed by atoms with Gasteiger partial charge in [-0.15, -0.1) is 22.7 Å². The maximum absolute atomic E-state index is 12.3. The molecule has 1 aliphatic rings. The molecule has 150 valence electrons. The minimum atomic E-state index is -0.628. The van der Waals surface area contributed by atoms with E-state index in [0.29, 0.717) is 16.0 Å². The zero-order valence-corrected chi connectivity index (χ0v) is 16.9. The van der Waals surface area contributed by atoms with Crippen LogP contribution in [0.25, 0.3) is 11.3 Å². The Hall–Kier alpha value is -3.57. The lowest BCUT2D eigenvalue weighted by molar-refractivity contribution is -0.117. The van der Waals surface area contributed by atoms with Crippen LogP contribution in [0.1, 0.15) is 5.69 Å². The molecule has 3 aromatic rings. The summed E-state index contributed by atoms with van der Waals surface area (Å²) in [6.45, 7) is 0. The number of hydrogen-bond donors (Lipinski definition) is 2. The van der Waals surface area contributed by atoms with Crippen LogP contribution in [-0.4, -0.2) is 38.9 Å². The van der Waals surface area contributed by atoms with E-state index in [2.05, 4.69) is 30.6 Å². The van der Waals surface area contributed by atoms with Crippen molar-refractivity contribution in [2.45, 2.75) is 6.42 Å². The van der Waals surface area contributed by atoms with Crippen LogP contribution in [0.3, 0.4) is 0 Å². The van der Waals surface area contributed by atoms with E-state index in [-0.39, 0.29) is 18.2 Å². The van der Waals surface area contributed by atoms with Gasteiger partial charge in [-0.25, -0.2) is 15.0 Å². The Kier molecular flexibility index (Phi) is 5.82. The van der Waals surface area contributed by atoms with Gasteiger partial charge in [-0.3, -0.25) is 19.4 Å². The van der Waals surface area contributed by atoms with E-state index in [4.69, 9.17) is 0 Å². The molecular weight excluding hydrogens is 424 g/mol. The number of aromatic nitrogens is 3. The minimum Gasteiger partial charge on any atom is -0.302 e. The average molecular weight is 438 g/mol. The lowest BCUT2D eigenvalue weighted by Crippen LogP contribution is -2.24. The summed E-state index contributed by atoms with van der Waals surface area (Å²) in [6.07, 6.45) is 7.45. The zero-order chi connectivity index (χ0) is 20.9. The van der Waals surface area contributed by atoms with Crippen LogP contribution in [0.4, 0.5) is 10.3 Å². The fraction of sp³-hybridized carbons (Fsp3) is 0.105. The molecule has 0 radical (unpaired) electrons. The van der Waals surface area contributed by atoms with Crippen LogP contribution in [0.2, 0.25) is 0 Å². The summed E-state index contributed by atoms with van der Waals surface area (Å²) in [5.41, 5.74) is 2.14. The molecule has 1 unspecified atom stereocenters. The lowest BCUT2D eigenvalue weighted by atomic mass is 10.1. The Morgan fingerprint density at radius 1 is 1.10 bits per heavy atom. The van der Waals surface area contributed by atoms with Gasteiger partial charge in [0.25, 0.3) is 5.91 Å². The van der Waals surface area contributed by atoms with E-state index in [1.807, 2.05) is 17.5 Å². The summed E-state index contributed by atoms with van der Waals surface area (Å²) in [7, 11) is 0. The molecule has 4 heterocycles. The Labute approximate surface area is 178 Å². The highest BCUT2D eigenvalue weighted by atomic mass is 32.1. The first-order chi connectivity index (χ1) is 14.6. The molecule has 1 aliphatic heterocycles. The van der Waals surface area contributed by atoms with Crippen LogP contribution in [0.15, 0.2) is 52.4 Å². The first-order valence-electron chi connectivity index (χ1n) is 8.74. The number of carbonyl (C=O) groups is 3. The third-order valence-corrected chi connectivity index (χ3v) is 5.51. The molecule has 11 heteroatoms. The number of rotatable bonds is 6. The largest absolute Gasteiger partial charge is 0.302 e. The van der Waals surface area contributed by atoms with Crippen LogP contribution >= 0.6 is 22.7 Å². The quantitative estimate of drug-likeness (QED) is 0.609. The summed E-state index contributed by atoms with van der Waals surface area (Å²) in [5, 5.41) is 9.82. The van der Waals surface area contributed by atoms with Crippen molar-refractivity contribution >= 4 is 56.9 Å². The van der Waals surface area contributed by atoms with Gasteiger partial charge in [-0.05, 0) is 12.1 Å².